The van der Waals surface area contributed by atoms with E-state index in [4.69, 9.17) is 19.5 Å². The van der Waals surface area contributed by atoms with Gasteiger partial charge in [-0.05, 0) is 71.4 Å². The third kappa shape index (κ3) is 4.06. The fourth-order valence-electron chi connectivity index (χ4n) is 8.93. The second-order valence-corrected chi connectivity index (χ2v) is 15.5. The smallest absolute Gasteiger partial charge is 0.253 e. The summed E-state index contributed by atoms with van der Waals surface area (Å²) in [5.74, 6) is 1.17. The number of nitrogens with zero attached hydrogens (tertiary/aromatic N) is 5. The Kier molecular flexibility index (Phi) is 5.95. The van der Waals surface area contributed by atoms with Crippen molar-refractivity contribution in [3.8, 4) is 28.3 Å². The van der Waals surface area contributed by atoms with Crippen LogP contribution in [0.4, 0.5) is 0 Å². The SMILES string of the molecule is c1ccc2c(c1)oc1cc(-c3nc4nc(-c5ccc(-n6c7ccccc7c7c8ccccc8c8c9ccccc9sc8c76)cc5)nn4c4ccccc34)ccc12. The lowest BCUT2D eigenvalue weighted by Crippen LogP contribution is -1.97. The second-order valence-electron chi connectivity index (χ2n) is 14.4. The summed E-state index contributed by atoms with van der Waals surface area (Å²) in [5.41, 5.74) is 8.90. The number of aromatic nitrogens is 5. The van der Waals surface area contributed by atoms with E-state index in [0.717, 1.165) is 55.3 Å². The summed E-state index contributed by atoms with van der Waals surface area (Å²) in [6.45, 7) is 0. The Bertz CT molecular complexity index is 3770. The largest absolute Gasteiger partial charge is 0.456 e. The number of benzene rings is 8. The zero-order valence-electron chi connectivity index (χ0n) is 29.6. The van der Waals surface area contributed by atoms with Crippen LogP contribution in [0.2, 0.25) is 0 Å². The molecule has 0 fully saturated rings. The normalized spacial score (nSPS) is 12.3. The zero-order chi connectivity index (χ0) is 36.5. The van der Waals surface area contributed by atoms with E-state index in [2.05, 4.69) is 138 Å². The van der Waals surface area contributed by atoms with Crippen molar-refractivity contribution in [1.82, 2.24) is 24.1 Å². The summed E-state index contributed by atoms with van der Waals surface area (Å²) in [7, 11) is 0. The van der Waals surface area contributed by atoms with Crippen LogP contribution in [0.25, 0.3) is 120 Å². The molecular formula is C49H27N5OS. The molecule has 0 spiro atoms. The number of fused-ring (bicyclic) bond motifs is 16. The molecule has 8 aromatic carbocycles. The Hall–Kier alpha value is -7.35. The van der Waals surface area contributed by atoms with Gasteiger partial charge in [0, 0.05) is 59.2 Å². The highest BCUT2D eigenvalue weighted by Gasteiger charge is 2.22. The van der Waals surface area contributed by atoms with E-state index in [1.54, 1.807) is 0 Å². The molecule has 0 bridgehead atoms. The molecule has 56 heavy (non-hydrogen) atoms. The highest BCUT2D eigenvalue weighted by molar-refractivity contribution is 7.27. The number of furan rings is 1. The van der Waals surface area contributed by atoms with Crippen molar-refractivity contribution in [2.75, 3.05) is 0 Å². The molecule has 13 rings (SSSR count). The minimum atomic E-state index is 0.545. The van der Waals surface area contributed by atoms with E-state index in [0.29, 0.717) is 11.6 Å². The maximum Gasteiger partial charge on any atom is 0.253 e. The van der Waals surface area contributed by atoms with E-state index in [1.165, 1.54) is 52.8 Å². The van der Waals surface area contributed by atoms with Crippen molar-refractivity contribution in [3.63, 3.8) is 0 Å². The Morgan fingerprint density at radius 3 is 1.96 bits per heavy atom. The van der Waals surface area contributed by atoms with Gasteiger partial charge in [0.15, 0.2) is 5.82 Å². The van der Waals surface area contributed by atoms with Gasteiger partial charge in [0.2, 0.25) is 0 Å². The highest BCUT2D eigenvalue weighted by atomic mass is 32.1. The van der Waals surface area contributed by atoms with Crippen molar-refractivity contribution < 1.29 is 4.42 Å². The molecule has 0 aliphatic carbocycles. The van der Waals surface area contributed by atoms with Gasteiger partial charge < -0.3 is 8.98 Å². The van der Waals surface area contributed by atoms with Crippen LogP contribution < -0.4 is 0 Å². The first-order chi connectivity index (χ1) is 27.8. The maximum absolute atomic E-state index is 6.25. The van der Waals surface area contributed by atoms with Crippen molar-refractivity contribution in [2.24, 2.45) is 0 Å². The Labute approximate surface area is 322 Å². The monoisotopic (exact) mass is 733 g/mol. The van der Waals surface area contributed by atoms with E-state index >= 15 is 0 Å². The molecule has 5 aromatic heterocycles. The fraction of sp³-hybridized carbons (Fsp3) is 0. The van der Waals surface area contributed by atoms with Gasteiger partial charge in [0.05, 0.1) is 26.9 Å². The van der Waals surface area contributed by atoms with Gasteiger partial charge in [-0.25, -0.2) is 4.98 Å². The number of rotatable bonds is 3. The average molecular weight is 734 g/mol. The quantitative estimate of drug-likeness (QED) is 0.181. The molecule has 0 aliphatic rings. The zero-order valence-corrected chi connectivity index (χ0v) is 30.5. The molecule has 7 heteroatoms. The third-order valence-electron chi connectivity index (χ3n) is 11.4. The summed E-state index contributed by atoms with van der Waals surface area (Å²) in [5, 5.41) is 15.9. The maximum atomic E-state index is 6.25. The lowest BCUT2D eigenvalue weighted by atomic mass is 9.99. The molecule has 260 valence electrons. The third-order valence-corrected chi connectivity index (χ3v) is 12.6. The van der Waals surface area contributed by atoms with Gasteiger partial charge in [-0.1, -0.05) is 103 Å². The summed E-state index contributed by atoms with van der Waals surface area (Å²) >= 11 is 1.88. The number of para-hydroxylation sites is 3. The topological polar surface area (TPSA) is 61.2 Å². The molecule has 5 heterocycles. The van der Waals surface area contributed by atoms with Gasteiger partial charge in [-0.2, -0.15) is 9.50 Å². The lowest BCUT2D eigenvalue weighted by Gasteiger charge is -2.10. The molecule has 0 N–H and O–H groups in total. The van der Waals surface area contributed by atoms with Gasteiger partial charge in [-0.15, -0.1) is 16.4 Å². The van der Waals surface area contributed by atoms with E-state index < -0.39 is 0 Å². The van der Waals surface area contributed by atoms with Crippen LogP contribution in [0.1, 0.15) is 0 Å². The summed E-state index contributed by atoms with van der Waals surface area (Å²) in [6, 6.07) is 57.8. The minimum Gasteiger partial charge on any atom is -0.456 e. The Balaban J connectivity index is 0.986. The van der Waals surface area contributed by atoms with Crippen LogP contribution in [0, 0.1) is 0 Å². The Morgan fingerprint density at radius 1 is 0.482 bits per heavy atom. The molecular weight excluding hydrogens is 707 g/mol. The predicted molar refractivity (Wildman–Crippen MR) is 231 cm³/mol. The molecule has 0 amide bonds. The van der Waals surface area contributed by atoms with Crippen LogP contribution in [-0.2, 0) is 0 Å². The van der Waals surface area contributed by atoms with Gasteiger partial charge in [0.1, 0.15) is 11.2 Å². The van der Waals surface area contributed by atoms with Crippen LogP contribution >= 0.6 is 11.3 Å². The molecule has 0 saturated carbocycles. The molecule has 0 radical (unpaired) electrons. The molecule has 6 nitrogen and oxygen atoms in total. The van der Waals surface area contributed by atoms with Crippen molar-refractivity contribution in [1.29, 1.82) is 0 Å². The number of hydrogen-bond acceptors (Lipinski definition) is 5. The van der Waals surface area contributed by atoms with E-state index in [9.17, 15) is 0 Å². The van der Waals surface area contributed by atoms with Crippen molar-refractivity contribution in [2.45, 2.75) is 0 Å². The second kappa shape index (κ2) is 11.1. The summed E-state index contributed by atoms with van der Waals surface area (Å²) in [6.07, 6.45) is 0. The summed E-state index contributed by atoms with van der Waals surface area (Å²) < 4.78 is 13.1. The first kappa shape index (κ1) is 30.0. The molecule has 0 unspecified atom stereocenters. The van der Waals surface area contributed by atoms with Gasteiger partial charge >= 0.3 is 0 Å². The lowest BCUT2D eigenvalue weighted by molar-refractivity contribution is 0.669. The highest BCUT2D eigenvalue weighted by Crippen LogP contribution is 2.48. The van der Waals surface area contributed by atoms with Crippen molar-refractivity contribution >= 4 is 103 Å². The molecule has 0 saturated heterocycles. The molecule has 13 aromatic rings. The number of hydrogen-bond donors (Lipinski definition) is 0. The Morgan fingerprint density at radius 2 is 1.12 bits per heavy atom. The number of thiophene rings is 1. The van der Waals surface area contributed by atoms with Crippen LogP contribution in [0.3, 0.4) is 0 Å². The average Bonchev–Trinajstić information content (AvgIpc) is 4.04. The van der Waals surface area contributed by atoms with E-state index in [-0.39, 0.29) is 0 Å². The van der Waals surface area contributed by atoms with Gasteiger partial charge in [0.25, 0.3) is 5.78 Å². The van der Waals surface area contributed by atoms with Gasteiger partial charge in [-0.3, -0.25) is 0 Å². The van der Waals surface area contributed by atoms with E-state index in [1.807, 2.05) is 46.2 Å². The van der Waals surface area contributed by atoms with Crippen LogP contribution in [0.15, 0.2) is 168 Å². The minimum absolute atomic E-state index is 0.545. The fourth-order valence-corrected chi connectivity index (χ4v) is 10.2. The first-order valence-electron chi connectivity index (χ1n) is 18.7. The van der Waals surface area contributed by atoms with Crippen LogP contribution in [0.5, 0.6) is 0 Å². The molecule has 0 aliphatic heterocycles. The standard InChI is InChI=1S/C49H27N5OS/c1-2-13-34-33(12-1)43-35-14-3-7-17-38(35)53(46(43)47-44(34)37-16-6-10-20-42(37)56-47)30-24-21-28(22-25-30)48-51-49-50-45(36-15-4-8-18-39(36)54(49)52-48)29-23-26-32-31-11-5-9-19-40(31)55-41(32)27-29/h1-27H. The first-order valence-corrected chi connectivity index (χ1v) is 19.5. The molecule has 0 atom stereocenters. The summed E-state index contributed by atoms with van der Waals surface area (Å²) in [4.78, 5) is 10.1. The van der Waals surface area contributed by atoms with Crippen LogP contribution in [-0.4, -0.2) is 24.1 Å². The predicted octanol–water partition coefficient (Wildman–Crippen LogP) is 13.1. The van der Waals surface area contributed by atoms with Crippen molar-refractivity contribution in [3.05, 3.63) is 164 Å².